The maximum absolute atomic E-state index is 11.7. The number of aromatic nitrogens is 2. The summed E-state index contributed by atoms with van der Waals surface area (Å²) in [5, 5.41) is 9.85. The first-order valence-electron chi connectivity index (χ1n) is 5.30. The van der Waals surface area contributed by atoms with Crippen LogP contribution in [0.5, 0.6) is 0 Å². The Hall–Kier alpha value is -1.17. The molecule has 0 spiro atoms. The monoisotopic (exact) mass is 289 g/mol. The van der Waals surface area contributed by atoms with Crippen LogP contribution in [-0.4, -0.2) is 35.9 Å². The fourth-order valence-electron chi connectivity index (χ4n) is 1.11. The van der Waals surface area contributed by atoms with E-state index in [1.807, 2.05) is 0 Å². The number of carbonyl (C=O) groups is 1. The van der Waals surface area contributed by atoms with Gasteiger partial charge < -0.3 is 10.1 Å². The highest BCUT2D eigenvalue weighted by molar-refractivity contribution is 6.34. The van der Waals surface area contributed by atoms with E-state index >= 15 is 0 Å². The van der Waals surface area contributed by atoms with Crippen LogP contribution in [0.15, 0.2) is 18.7 Å². The minimum absolute atomic E-state index is 0.0180. The number of amides is 1. The van der Waals surface area contributed by atoms with Crippen LogP contribution in [0.4, 0.5) is 0 Å². The topological polar surface area (TPSA) is 64.1 Å². The van der Waals surface area contributed by atoms with E-state index in [9.17, 15) is 4.79 Å². The number of rotatable bonds is 7. The second-order valence-electron chi connectivity index (χ2n) is 3.32. The predicted octanol–water partition coefficient (Wildman–Crippen LogP) is 2.11. The van der Waals surface area contributed by atoms with Crippen molar-refractivity contribution in [2.45, 2.75) is 6.42 Å². The average Bonchev–Trinajstić information content (AvgIpc) is 2.36. The lowest BCUT2D eigenvalue weighted by molar-refractivity contribution is 0.0917. The summed E-state index contributed by atoms with van der Waals surface area (Å²) in [6, 6.07) is 1.37. The summed E-state index contributed by atoms with van der Waals surface area (Å²) in [5.41, 5.74) is 0.197. The molecule has 1 heterocycles. The lowest BCUT2D eigenvalue weighted by atomic mass is 10.3. The molecule has 0 unspecified atom stereocenters. The highest BCUT2D eigenvalue weighted by Gasteiger charge is 2.12. The van der Waals surface area contributed by atoms with Gasteiger partial charge in [0.25, 0.3) is 5.91 Å². The molecule has 0 aromatic carbocycles. The third kappa shape index (κ3) is 5.00. The minimum Gasteiger partial charge on any atom is -0.379 e. The first-order chi connectivity index (χ1) is 8.65. The van der Waals surface area contributed by atoms with Crippen molar-refractivity contribution >= 4 is 29.1 Å². The lowest BCUT2D eigenvalue weighted by Gasteiger charge is -2.06. The largest absolute Gasteiger partial charge is 0.379 e. The second-order valence-corrected chi connectivity index (χ2v) is 4.06. The molecule has 0 radical (unpaired) electrons. The van der Waals surface area contributed by atoms with E-state index in [2.05, 4.69) is 22.1 Å². The van der Waals surface area contributed by atoms with Gasteiger partial charge in [-0.3, -0.25) is 4.79 Å². The van der Waals surface area contributed by atoms with Gasteiger partial charge in [-0.05, 0) is 12.5 Å². The van der Waals surface area contributed by atoms with Crippen LogP contribution in [0.2, 0.25) is 10.3 Å². The molecule has 1 N–H and O–H groups in total. The Labute approximate surface area is 115 Å². The van der Waals surface area contributed by atoms with Crippen LogP contribution >= 0.6 is 23.2 Å². The molecule has 5 nitrogen and oxygen atoms in total. The molecule has 0 saturated carbocycles. The van der Waals surface area contributed by atoms with Crippen LogP contribution in [0.1, 0.15) is 16.8 Å². The number of halogens is 2. The molecule has 0 aliphatic rings. The van der Waals surface area contributed by atoms with Gasteiger partial charge in [0.05, 0.1) is 18.8 Å². The zero-order valence-corrected chi connectivity index (χ0v) is 11.2. The van der Waals surface area contributed by atoms with Crippen molar-refractivity contribution < 1.29 is 9.53 Å². The molecule has 0 bridgehead atoms. The molecule has 7 heteroatoms. The molecule has 1 aromatic rings. The summed E-state index contributed by atoms with van der Waals surface area (Å²) >= 11 is 11.4. The van der Waals surface area contributed by atoms with Gasteiger partial charge in [0.1, 0.15) is 0 Å². The molecule has 18 heavy (non-hydrogen) atoms. The smallest absolute Gasteiger partial charge is 0.254 e. The SMILES string of the molecule is C=CCCOCCNC(=O)c1cc(Cl)nnc1Cl. The molecule has 0 aliphatic carbocycles. The Morgan fingerprint density at radius 1 is 1.44 bits per heavy atom. The fraction of sp³-hybridized carbons (Fsp3) is 0.364. The fourth-order valence-corrected chi connectivity index (χ4v) is 1.44. The normalized spacial score (nSPS) is 10.1. The average molecular weight is 290 g/mol. The van der Waals surface area contributed by atoms with Crippen molar-refractivity contribution in [3.8, 4) is 0 Å². The van der Waals surface area contributed by atoms with E-state index in [4.69, 9.17) is 27.9 Å². The molecule has 1 amide bonds. The first-order valence-corrected chi connectivity index (χ1v) is 6.06. The standard InChI is InChI=1S/C11H13Cl2N3O2/c1-2-3-5-18-6-4-14-11(17)8-7-9(12)15-16-10(8)13/h2,7H,1,3-6H2,(H,14,17). The summed E-state index contributed by atoms with van der Waals surface area (Å²) in [5.74, 6) is -0.357. The molecule has 1 aromatic heterocycles. The molecule has 0 saturated heterocycles. The van der Waals surface area contributed by atoms with Crippen molar-refractivity contribution in [2.75, 3.05) is 19.8 Å². The molecular formula is C11H13Cl2N3O2. The summed E-state index contributed by atoms with van der Waals surface area (Å²) in [7, 11) is 0. The number of hydrogen-bond acceptors (Lipinski definition) is 4. The van der Waals surface area contributed by atoms with E-state index in [0.29, 0.717) is 19.8 Å². The van der Waals surface area contributed by atoms with Crippen molar-refractivity contribution in [1.29, 1.82) is 0 Å². The van der Waals surface area contributed by atoms with Crippen LogP contribution in [-0.2, 0) is 4.74 Å². The minimum atomic E-state index is -0.357. The predicted molar refractivity (Wildman–Crippen MR) is 70.0 cm³/mol. The van der Waals surface area contributed by atoms with E-state index in [0.717, 1.165) is 6.42 Å². The second kappa shape index (κ2) is 8.02. The molecule has 0 aliphatic heterocycles. The van der Waals surface area contributed by atoms with E-state index in [-0.39, 0.29) is 21.8 Å². The lowest BCUT2D eigenvalue weighted by Crippen LogP contribution is -2.27. The van der Waals surface area contributed by atoms with E-state index in [1.165, 1.54) is 6.07 Å². The third-order valence-electron chi connectivity index (χ3n) is 1.96. The van der Waals surface area contributed by atoms with Crippen molar-refractivity contribution in [3.63, 3.8) is 0 Å². The quantitative estimate of drug-likeness (QED) is 0.617. The van der Waals surface area contributed by atoms with Crippen molar-refractivity contribution in [1.82, 2.24) is 15.5 Å². The van der Waals surface area contributed by atoms with Gasteiger partial charge in [-0.1, -0.05) is 29.3 Å². The molecular weight excluding hydrogens is 277 g/mol. The van der Waals surface area contributed by atoms with E-state index in [1.54, 1.807) is 6.08 Å². The van der Waals surface area contributed by atoms with Crippen molar-refractivity contribution in [3.05, 3.63) is 34.6 Å². The Bertz CT molecular complexity index is 427. The van der Waals surface area contributed by atoms with Crippen LogP contribution in [0, 0.1) is 0 Å². The molecule has 0 fully saturated rings. The number of nitrogens with one attached hydrogen (secondary N) is 1. The number of ether oxygens (including phenoxy) is 1. The summed E-state index contributed by atoms with van der Waals surface area (Å²) < 4.78 is 5.24. The van der Waals surface area contributed by atoms with Crippen LogP contribution in [0.25, 0.3) is 0 Å². The van der Waals surface area contributed by atoms with Crippen LogP contribution < -0.4 is 5.32 Å². The van der Waals surface area contributed by atoms with Gasteiger partial charge in [-0.25, -0.2) is 0 Å². The summed E-state index contributed by atoms with van der Waals surface area (Å²) in [6.07, 6.45) is 2.55. The summed E-state index contributed by atoms with van der Waals surface area (Å²) in [4.78, 5) is 11.7. The Kier molecular flexibility index (Phi) is 6.64. The first kappa shape index (κ1) is 14.9. The maximum Gasteiger partial charge on any atom is 0.254 e. The van der Waals surface area contributed by atoms with Crippen molar-refractivity contribution in [2.24, 2.45) is 0 Å². The molecule has 98 valence electrons. The van der Waals surface area contributed by atoms with Gasteiger partial charge in [-0.2, -0.15) is 0 Å². The van der Waals surface area contributed by atoms with Gasteiger partial charge >= 0.3 is 0 Å². The zero-order chi connectivity index (χ0) is 13.4. The number of carbonyl (C=O) groups excluding carboxylic acids is 1. The maximum atomic E-state index is 11.7. The number of hydrogen-bond donors (Lipinski definition) is 1. The Balaban J connectivity index is 2.36. The highest BCUT2D eigenvalue weighted by atomic mass is 35.5. The van der Waals surface area contributed by atoms with Gasteiger partial charge in [0, 0.05) is 6.54 Å². The number of nitrogens with zero attached hydrogens (tertiary/aromatic N) is 2. The Morgan fingerprint density at radius 3 is 2.94 bits per heavy atom. The van der Waals surface area contributed by atoms with Gasteiger partial charge in [0.2, 0.25) is 0 Å². The zero-order valence-electron chi connectivity index (χ0n) is 9.66. The summed E-state index contributed by atoms with van der Waals surface area (Å²) in [6.45, 7) is 4.96. The Morgan fingerprint density at radius 2 is 2.22 bits per heavy atom. The third-order valence-corrected chi connectivity index (χ3v) is 2.43. The van der Waals surface area contributed by atoms with E-state index < -0.39 is 0 Å². The van der Waals surface area contributed by atoms with Crippen LogP contribution in [0.3, 0.4) is 0 Å². The van der Waals surface area contributed by atoms with Gasteiger partial charge in [-0.15, -0.1) is 16.8 Å². The van der Waals surface area contributed by atoms with Gasteiger partial charge in [0.15, 0.2) is 10.3 Å². The molecule has 0 atom stereocenters. The highest BCUT2D eigenvalue weighted by Crippen LogP contribution is 2.14. The molecule has 1 rings (SSSR count).